The predicted molar refractivity (Wildman–Crippen MR) is 142 cm³/mol. The zero-order valence-corrected chi connectivity index (χ0v) is 21.0. The molecular formula is C28H26F2N6O2. The summed E-state index contributed by atoms with van der Waals surface area (Å²) >= 11 is 0. The third kappa shape index (κ3) is 4.87. The average molecular weight is 517 g/mol. The molecule has 10 heteroatoms. The molecule has 0 bridgehead atoms. The topological polar surface area (TPSA) is 101 Å². The Hall–Kier alpha value is -4.52. The summed E-state index contributed by atoms with van der Waals surface area (Å²) in [6, 6.07) is 13.9. The normalized spacial score (nSPS) is 18.2. The van der Waals surface area contributed by atoms with Crippen LogP contribution in [0.5, 0.6) is 0 Å². The van der Waals surface area contributed by atoms with Crippen LogP contribution in [-0.4, -0.2) is 60.5 Å². The molecule has 1 unspecified atom stereocenters. The van der Waals surface area contributed by atoms with E-state index in [2.05, 4.69) is 38.7 Å². The van der Waals surface area contributed by atoms with Gasteiger partial charge < -0.3 is 20.4 Å². The second-order valence-electron chi connectivity index (χ2n) is 9.64. The van der Waals surface area contributed by atoms with Gasteiger partial charge in [0.2, 0.25) is 5.91 Å². The summed E-state index contributed by atoms with van der Waals surface area (Å²) in [5.41, 5.74) is 6.11. The van der Waals surface area contributed by atoms with Crippen molar-refractivity contribution in [3.05, 3.63) is 65.4 Å². The van der Waals surface area contributed by atoms with Crippen molar-refractivity contribution in [3.63, 3.8) is 0 Å². The van der Waals surface area contributed by atoms with Gasteiger partial charge in [-0.25, -0.2) is 8.78 Å². The summed E-state index contributed by atoms with van der Waals surface area (Å²) < 4.78 is 27.4. The Balaban J connectivity index is 1.35. The second kappa shape index (κ2) is 9.74. The van der Waals surface area contributed by atoms with Gasteiger partial charge in [-0.2, -0.15) is 5.26 Å². The molecule has 1 atom stereocenters. The summed E-state index contributed by atoms with van der Waals surface area (Å²) in [6.07, 6.45) is 2.82. The smallest absolute Gasteiger partial charge is 0.268 e. The summed E-state index contributed by atoms with van der Waals surface area (Å²) in [5.74, 6) is -4.37. The van der Waals surface area contributed by atoms with E-state index in [0.717, 1.165) is 39.6 Å². The van der Waals surface area contributed by atoms with Gasteiger partial charge >= 0.3 is 0 Å². The van der Waals surface area contributed by atoms with Crippen LogP contribution in [0.25, 0.3) is 22.6 Å². The first-order valence-electron chi connectivity index (χ1n) is 12.2. The number of fused-ring (bicyclic) bond motifs is 2. The van der Waals surface area contributed by atoms with E-state index in [9.17, 15) is 18.4 Å². The number of hydrogen-bond acceptors (Lipinski definition) is 6. The summed E-state index contributed by atoms with van der Waals surface area (Å²) in [5, 5.41) is 15.6. The number of carbonyl (C=O) groups is 2. The molecule has 2 aliphatic heterocycles. The third-order valence-electron chi connectivity index (χ3n) is 6.90. The lowest BCUT2D eigenvalue weighted by Gasteiger charge is -2.19. The average Bonchev–Trinajstić information content (AvgIpc) is 3.44. The molecule has 0 saturated carbocycles. The fourth-order valence-electron chi connectivity index (χ4n) is 4.88. The number of alkyl halides is 2. The lowest BCUT2D eigenvalue weighted by molar-refractivity contribution is -0.131. The van der Waals surface area contributed by atoms with Crippen LogP contribution in [-0.2, 0) is 4.79 Å². The molecule has 3 aromatic rings. The summed E-state index contributed by atoms with van der Waals surface area (Å²) in [6.45, 7) is 1.46. The van der Waals surface area contributed by atoms with Gasteiger partial charge in [0.15, 0.2) is 0 Å². The van der Waals surface area contributed by atoms with Crippen molar-refractivity contribution in [2.75, 3.05) is 37.0 Å². The zero-order chi connectivity index (χ0) is 27.0. The fraction of sp³-hybridized carbons (Fsp3) is 0.286. The highest BCUT2D eigenvalue weighted by Crippen LogP contribution is 2.34. The number of amides is 2. The molecule has 5 rings (SSSR count). The molecule has 1 saturated heterocycles. The highest BCUT2D eigenvalue weighted by atomic mass is 19.3. The molecule has 0 radical (unpaired) electrons. The number of halogens is 2. The molecule has 38 heavy (non-hydrogen) atoms. The van der Waals surface area contributed by atoms with Gasteiger partial charge in [0.25, 0.3) is 11.8 Å². The summed E-state index contributed by atoms with van der Waals surface area (Å²) in [7, 11) is 2.03. The van der Waals surface area contributed by atoms with Crippen LogP contribution in [0.3, 0.4) is 0 Å². The van der Waals surface area contributed by atoms with Gasteiger partial charge in [0.05, 0.1) is 48.3 Å². The van der Waals surface area contributed by atoms with Gasteiger partial charge in [0, 0.05) is 25.1 Å². The van der Waals surface area contributed by atoms with Gasteiger partial charge in [-0.3, -0.25) is 14.6 Å². The largest absolute Gasteiger partial charge is 0.366 e. The van der Waals surface area contributed by atoms with Crippen molar-refractivity contribution in [1.29, 1.82) is 5.26 Å². The van der Waals surface area contributed by atoms with Crippen LogP contribution in [0.1, 0.15) is 34.8 Å². The van der Waals surface area contributed by atoms with Gasteiger partial charge in [-0.15, -0.1) is 0 Å². The number of anilines is 2. The second-order valence-corrected chi connectivity index (χ2v) is 9.64. The Morgan fingerprint density at radius 2 is 2.08 bits per heavy atom. The van der Waals surface area contributed by atoms with Gasteiger partial charge in [0.1, 0.15) is 6.04 Å². The van der Waals surface area contributed by atoms with E-state index < -0.39 is 43.3 Å². The third-order valence-corrected chi connectivity index (χ3v) is 6.90. The van der Waals surface area contributed by atoms with E-state index >= 15 is 0 Å². The first-order valence-corrected chi connectivity index (χ1v) is 12.2. The number of allylic oxidation sites excluding steroid dienone is 1. The maximum Gasteiger partial charge on any atom is 0.268 e. The van der Waals surface area contributed by atoms with Crippen LogP contribution < -0.4 is 15.5 Å². The highest BCUT2D eigenvalue weighted by Gasteiger charge is 2.47. The van der Waals surface area contributed by atoms with Gasteiger partial charge in [-0.1, -0.05) is 18.2 Å². The molecule has 2 amide bonds. The lowest BCUT2D eigenvalue weighted by Crippen LogP contribution is -2.43. The molecule has 3 heterocycles. The molecule has 1 aromatic heterocycles. The molecule has 194 valence electrons. The molecular weight excluding hydrogens is 490 g/mol. The van der Waals surface area contributed by atoms with Crippen LogP contribution in [0.15, 0.2) is 48.7 Å². The van der Waals surface area contributed by atoms with Crippen molar-refractivity contribution in [2.45, 2.75) is 25.3 Å². The highest BCUT2D eigenvalue weighted by molar-refractivity contribution is 6.07. The fourth-order valence-corrected chi connectivity index (χ4v) is 4.88. The lowest BCUT2D eigenvalue weighted by atomic mass is 10.0. The number of nitrogens with one attached hydrogen (secondary N) is 2. The molecule has 0 aliphatic carbocycles. The number of carbonyl (C=O) groups excluding carboxylic acids is 2. The van der Waals surface area contributed by atoms with Gasteiger partial charge in [-0.05, 0) is 54.0 Å². The number of nitriles is 1. The predicted octanol–water partition coefficient (Wildman–Crippen LogP) is 4.10. The van der Waals surface area contributed by atoms with E-state index in [4.69, 9.17) is 5.26 Å². The van der Waals surface area contributed by atoms with E-state index in [1.807, 2.05) is 38.2 Å². The molecule has 2 aromatic carbocycles. The van der Waals surface area contributed by atoms with E-state index in [1.165, 1.54) is 6.20 Å². The first-order chi connectivity index (χ1) is 18.1. The van der Waals surface area contributed by atoms with Crippen molar-refractivity contribution in [3.8, 4) is 6.07 Å². The number of aromatic nitrogens is 1. The standard InChI is InChI=1S/C28H26F2N6O2/c1-17(19-4-6-25-24(11-19)34-16-35(25)2)9-18-3-5-23-22(10-18)21(7-8-32-23)27(38)33-14-26(37)36-15-28(29,30)12-20(36)13-31/h3-11,20,34H,12,14-16H2,1-2H3,(H,33,38)/b17-9+. The van der Waals surface area contributed by atoms with Crippen LogP contribution >= 0.6 is 0 Å². The Morgan fingerprint density at radius 3 is 2.87 bits per heavy atom. The molecule has 8 nitrogen and oxygen atoms in total. The van der Waals surface area contributed by atoms with Crippen LogP contribution in [0, 0.1) is 11.3 Å². The molecule has 2 N–H and O–H groups in total. The monoisotopic (exact) mass is 516 g/mol. The number of nitrogens with zero attached hydrogens (tertiary/aromatic N) is 4. The van der Waals surface area contributed by atoms with Crippen LogP contribution in [0.2, 0.25) is 0 Å². The van der Waals surface area contributed by atoms with E-state index in [0.29, 0.717) is 16.5 Å². The van der Waals surface area contributed by atoms with Crippen LogP contribution in [0.4, 0.5) is 20.2 Å². The van der Waals surface area contributed by atoms with E-state index in [-0.39, 0.29) is 0 Å². The molecule has 2 aliphatic rings. The Morgan fingerprint density at radius 1 is 1.26 bits per heavy atom. The minimum atomic E-state index is -3.12. The van der Waals surface area contributed by atoms with Crippen molar-refractivity contribution in [1.82, 2.24) is 15.2 Å². The Kier molecular flexibility index (Phi) is 6.45. The Labute approximate surface area is 218 Å². The molecule has 1 fully saturated rings. The first kappa shape index (κ1) is 25.1. The maximum absolute atomic E-state index is 13.7. The minimum absolute atomic E-state index is 0.309. The molecule has 0 spiro atoms. The zero-order valence-electron chi connectivity index (χ0n) is 21.0. The van der Waals surface area contributed by atoms with Crippen molar-refractivity contribution >= 4 is 45.7 Å². The number of hydrogen-bond donors (Lipinski definition) is 2. The maximum atomic E-state index is 13.7. The minimum Gasteiger partial charge on any atom is -0.366 e. The SMILES string of the molecule is C/C(=C\c1ccc2nccc(C(=O)NCC(=O)N3CC(F)(F)CC3C#N)c2c1)c1ccc2c(c1)NCN2C. The number of benzene rings is 2. The summed E-state index contributed by atoms with van der Waals surface area (Å²) in [4.78, 5) is 32.8. The van der Waals surface area contributed by atoms with Crippen molar-refractivity contribution in [2.24, 2.45) is 0 Å². The number of likely N-dealkylation sites (tertiary alicyclic amines) is 1. The Bertz CT molecular complexity index is 1510. The van der Waals surface area contributed by atoms with E-state index in [1.54, 1.807) is 12.1 Å². The quantitative estimate of drug-likeness (QED) is 0.495. The number of pyridine rings is 1. The number of rotatable bonds is 5. The van der Waals surface area contributed by atoms with Crippen molar-refractivity contribution < 1.29 is 18.4 Å².